The Bertz CT molecular complexity index is 354. The lowest BCUT2D eigenvalue weighted by molar-refractivity contribution is 0.107. The Morgan fingerprint density at radius 3 is 2.65 bits per heavy atom. The molecule has 0 spiro atoms. The third-order valence-electron chi connectivity index (χ3n) is 3.04. The quantitative estimate of drug-likeness (QED) is 0.846. The number of methoxy groups -OCH3 is 1. The van der Waals surface area contributed by atoms with Gasteiger partial charge in [0.25, 0.3) is 0 Å². The SMILES string of the molecule is COC(C)CCC(N)Cc1ccc(C)cc1Cl. The van der Waals surface area contributed by atoms with Crippen molar-refractivity contribution in [2.75, 3.05) is 7.11 Å². The van der Waals surface area contributed by atoms with E-state index in [4.69, 9.17) is 22.1 Å². The second-order valence-corrected chi connectivity index (χ2v) is 5.09. The highest BCUT2D eigenvalue weighted by Crippen LogP contribution is 2.19. The second-order valence-electron chi connectivity index (χ2n) is 4.68. The van der Waals surface area contributed by atoms with E-state index in [1.54, 1.807) is 7.11 Å². The van der Waals surface area contributed by atoms with Gasteiger partial charge >= 0.3 is 0 Å². The minimum atomic E-state index is 0.146. The summed E-state index contributed by atoms with van der Waals surface area (Å²) in [5.74, 6) is 0. The predicted octanol–water partition coefficient (Wildman–Crippen LogP) is 3.33. The van der Waals surface area contributed by atoms with Crippen molar-refractivity contribution in [1.29, 1.82) is 0 Å². The number of aryl methyl sites for hydroxylation is 1. The summed E-state index contributed by atoms with van der Waals surface area (Å²) in [5.41, 5.74) is 8.42. The molecular weight excluding hydrogens is 234 g/mol. The fourth-order valence-electron chi connectivity index (χ4n) is 1.77. The lowest BCUT2D eigenvalue weighted by Crippen LogP contribution is -2.24. The van der Waals surface area contributed by atoms with Crippen LogP contribution >= 0.6 is 11.6 Å². The zero-order chi connectivity index (χ0) is 12.8. The minimum absolute atomic E-state index is 0.146. The number of benzene rings is 1. The third kappa shape index (κ3) is 5.07. The summed E-state index contributed by atoms with van der Waals surface area (Å²) < 4.78 is 5.21. The predicted molar refractivity (Wildman–Crippen MR) is 73.6 cm³/mol. The maximum atomic E-state index is 6.18. The number of rotatable bonds is 6. The molecule has 2 N–H and O–H groups in total. The van der Waals surface area contributed by atoms with Crippen LogP contribution in [0.1, 0.15) is 30.9 Å². The lowest BCUT2D eigenvalue weighted by Gasteiger charge is -2.15. The average Bonchev–Trinajstić information content (AvgIpc) is 2.29. The topological polar surface area (TPSA) is 35.2 Å². The normalized spacial score (nSPS) is 14.6. The highest BCUT2D eigenvalue weighted by atomic mass is 35.5. The summed E-state index contributed by atoms with van der Waals surface area (Å²) in [6.45, 7) is 4.10. The van der Waals surface area contributed by atoms with Crippen LogP contribution in [0.5, 0.6) is 0 Å². The summed E-state index contributed by atoms with van der Waals surface area (Å²) in [6.07, 6.45) is 3.05. The van der Waals surface area contributed by atoms with E-state index in [1.807, 2.05) is 13.0 Å². The van der Waals surface area contributed by atoms with Gasteiger partial charge < -0.3 is 10.5 Å². The molecule has 1 rings (SSSR count). The van der Waals surface area contributed by atoms with Gasteiger partial charge in [0.05, 0.1) is 6.10 Å². The number of hydrogen-bond acceptors (Lipinski definition) is 2. The molecule has 2 unspecified atom stereocenters. The molecule has 17 heavy (non-hydrogen) atoms. The largest absolute Gasteiger partial charge is 0.382 e. The Morgan fingerprint density at radius 2 is 2.06 bits per heavy atom. The monoisotopic (exact) mass is 255 g/mol. The van der Waals surface area contributed by atoms with Crippen molar-refractivity contribution in [3.8, 4) is 0 Å². The first kappa shape index (κ1) is 14.5. The maximum absolute atomic E-state index is 6.18. The van der Waals surface area contributed by atoms with Gasteiger partial charge in [-0.15, -0.1) is 0 Å². The van der Waals surface area contributed by atoms with Crippen LogP contribution in [0.2, 0.25) is 5.02 Å². The van der Waals surface area contributed by atoms with E-state index in [0.29, 0.717) is 0 Å². The average molecular weight is 256 g/mol. The molecule has 0 aliphatic heterocycles. The summed E-state index contributed by atoms with van der Waals surface area (Å²) in [6, 6.07) is 6.28. The van der Waals surface area contributed by atoms with Crippen LogP contribution in [0, 0.1) is 6.92 Å². The molecule has 0 heterocycles. The number of halogens is 1. The maximum Gasteiger partial charge on any atom is 0.0543 e. The zero-order valence-corrected chi connectivity index (χ0v) is 11.6. The van der Waals surface area contributed by atoms with Gasteiger partial charge in [0, 0.05) is 18.2 Å². The van der Waals surface area contributed by atoms with Crippen LogP contribution in [-0.4, -0.2) is 19.3 Å². The Kier molecular flexibility index (Phi) is 5.96. The first-order valence-electron chi connectivity index (χ1n) is 6.06. The molecule has 2 nitrogen and oxygen atoms in total. The lowest BCUT2D eigenvalue weighted by atomic mass is 10.0. The molecule has 0 saturated heterocycles. The summed E-state index contributed by atoms with van der Waals surface area (Å²) in [5, 5.41) is 0.820. The van der Waals surface area contributed by atoms with Gasteiger partial charge in [-0.2, -0.15) is 0 Å². The Morgan fingerprint density at radius 1 is 1.35 bits per heavy atom. The molecule has 96 valence electrons. The van der Waals surface area contributed by atoms with E-state index in [2.05, 4.69) is 19.1 Å². The van der Waals surface area contributed by atoms with E-state index in [1.165, 1.54) is 5.56 Å². The molecule has 1 aromatic rings. The van der Waals surface area contributed by atoms with E-state index in [0.717, 1.165) is 29.8 Å². The molecule has 0 aliphatic rings. The highest BCUT2D eigenvalue weighted by Gasteiger charge is 2.09. The highest BCUT2D eigenvalue weighted by molar-refractivity contribution is 6.31. The van der Waals surface area contributed by atoms with Gasteiger partial charge in [0.2, 0.25) is 0 Å². The molecule has 0 saturated carbocycles. The van der Waals surface area contributed by atoms with Gasteiger partial charge in [-0.1, -0.05) is 23.7 Å². The van der Waals surface area contributed by atoms with Crippen molar-refractivity contribution in [2.45, 2.75) is 45.3 Å². The van der Waals surface area contributed by atoms with Gasteiger partial charge in [0.1, 0.15) is 0 Å². The molecule has 0 bridgehead atoms. The van der Waals surface area contributed by atoms with Crippen molar-refractivity contribution >= 4 is 11.6 Å². The van der Waals surface area contributed by atoms with Crippen molar-refractivity contribution in [3.05, 3.63) is 34.3 Å². The van der Waals surface area contributed by atoms with Crippen molar-refractivity contribution in [2.24, 2.45) is 5.73 Å². The van der Waals surface area contributed by atoms with Crippen molar-refractivity contribution in [3.63, 3.8) is 0 Å². The molecule has 2 atom stereocenters. The molecular formula is C14H22ClNO. The standard InChI is InChI=1S/C14H22ClNO/c1-10-4-6-12(14(15)8-10)9-13(16)7-5-11(2)17-3/h4,6,8,11,13H,5,7,9,16H2,1-3H3. The molecule has 0 radical (unpaired) electrons. The third-order valence-corrected chi connectivity index (χ3v) is 3.39. The number of nitrogens with two attached hydrogens (primary N) is 1. The molecule has 0 aliphatic carbocycles. The smallest absolute Gasteiger partial charge is 0.0543 e. The summed E-state index contributed by atoms with van der Waals surface area (Å²) >= 11 is 6.18. The van der Waals surface area contributed by atoms with Crippen LogP contribution < -0.4 is 5.73 Å². The fraction of sp³-hybridized carbons (Fsp3) is 0.571. The van der Waals surface area contributed by atoms with Crippen LogP contribution in [-0.2, 0) is 11.2 Å². The Labute approximate surface area is 109 Å². The first-order chi connectivity index (χ1) is 8.02. The van der Waals surface area contributed by atoms with Crippen LogP contribution in [0.3, 0.4) is 0 Å². The number of ether oxygens (including phenoxy) is 1. The summed E-state index contributed by atoms with van der Waals surface area (Å²) in [7, 11) is 1.73. The van der Waals surface area contributed by atoms with Gasteiger partial charge in [-0.25, -0.2) is 0 Å². The van der Waals surface area contributed by atoms with E-state index < -0.39 is 0 Å². The first-order valence-corrected chi connectivity index (χ1v) is 6.44. The van der Waals surface area contributed by atoms with E-state index >= 15 is 0 Å². The van der Waals surface area contributed by atoms with Gasteiger partial charge in [-0.3, -0.25) is 0 Å². The Balaban J connectivity index is 2.47. The summed E-state index contributed by atoms with van der Waals surface area (Å²) in [4.78, 5) is 0. The molecule has 1 aromatic carbocycles. The van der Waals surface area contributed by atoms with Crippen molar-refractivity contribution < 1.29 is 4.74 Å². The molecule has 0 amide bonds. The van der Waals surface area contributed by atoms with Crippen LogP contribution in [0.25, 0.3) is 0 Å². The molecule has 3 heteroatoms. The van der Waals surface area contributed by atoms with Crippen molar-refractivity contribution in [1.82, 2.24) is 0 Å². The van der Waals surface area contributed by atoms with Crippen LogP contribution in [0.4, 0.5) is 0 Å². The van der Waals surface area contributed by atoms with Crippen LogP contribution in [0.15, 0.2) is 18.2 Å². The molecule has 0 aromatic heterocycles. The zero-order valence-electron chi connectivity index (χ0n) is 10.9. The Hall–Kier alpha value is -0.570. The van der Waals surface area contributed by atoms with Gasteiger partial charge in [-0.05, 0) is 50.3 Å². The second kappa shape index (κ2) is 7.00. The van der Waals surface area contributed by atoms with Gasteiger partial charge in [0.15, 0.2) is 0 Å². The van der Waals surface area contributed by atoms with E-state index in [9.17, 15) is 0 Å². The van der Waals surface area contributed by atoms with E-state index in [-0.39, 0.29) is 12.1 Å². The fourth-order valence-corrected chi connectivity index (χ4v) is 2.08. The minimum Gasteiger partial charge on any atom is -0.382 e. The molecule has 0 fully saturated rings. The number of hydrogen-bond donors (Lipinski definition) is 1.